The Hall–Kier alpha value is -2.35. The van der Waals surface area contributed by atoms with E-state index < -0.39 is 0 Å². The quantitative estimate of drug-likeness (QED) is 0.550. The molecule has 0 atom stereocenters. The van der Waals surface area contributed by atoms with Crippen LogP contribution in [-0.2, 0) is 21.0 Å². The Morgan fingerprint density at radius 3 is 2.19 bits per heavy atom. The molecule has 0 unspecified atom stereocenters. The maximum absolute atomic E-state index is 11.8. The van der Waals surface area contributed by atoms with Crippen molar-refractivity contribution in [2.45, 2.75) is 83.5 Å². The second kappa shape index (κ2) is 7.65. The standard InChI is InChI=1S/C29H37NO/c1-7-30-26(31)12-11-21-9-8-10-22(18-21)29(15-16-29)23-19-25-24(17-20(23)2)27(3,4)13-14-28(25,5)6/h8-12,17-19H,7,13-16H2,1-6H3,(H,30,31). The molecule has 1 saturated carbocycles. The average molecular weight is 416 g/mol. The monoisotopic (exact) mass is 415 g/mol. The van der Waals surface area contributed by atoms with Crippen molar-refractivity contribution in [3.05, 3.63) is 75.9 Å². The average Bonchev–Trinajstić information content (AvgIpc) is 3.52. The van der Waals surface area contributed by atoms with E-state index in [9.17, 15) is 4.79 Å². The molecule has 1 fully saturated rings. The highest BCUT2D eigenvalue weighted by Crippen LogP contribution is 2.56. The van der Waals surface area contributed by atoms with Crippen LogP contribution in [-0.4, -0.2) is 12.5 Å². The summed E-state index contributed by atoms with van der Waals surface area (Å²) < 4.78 is 0. The van der Waals surface area contributed by atoms with Crippen LogP contribution in [0.15, 0.2) is 42.5 Å². The predicted octanol–water partition coefficient (Wildman–Crippen LogP) is 6.57. The number of hydrogen-bond donors (Lipinski definition) is 1. The molecule has 0 heterocycles. The van der Waals surface area contributed by atoms with Crippen molar-refractivity contribution >= 4 is 12.0 Å². The third kappa shape index (κ3) is 3.97. The van der Waals surface area contributed by atoms with Gasteiger partial charge in [0.25, 0.3) is 0 Å². The van der Waals surface area contributed by atoms with Crippen LogP contribution in [0.5, 0.6) is 0 Å². The number of carbonyl (C=O) groups excluding carboxylic acids is 1. The van der Waals surface area contributed by atoms with Gasteiger partial charge in [0.1, 0.15) is 0 Å². The molecule has 2 aromatic rings. The van der Waals surface area contributed by atoms with E-state index in [0.29, 0.717) is 6.54 Å². The lowest BCUT2D eigenvalue weighted by atomic mass is 9.62. The summed E-state index contributed by atoms with van der Waals surface area (Å²) in [5.74, 6) is -0.0376. The summed E-state index contributed by atoms with van der Waals surface area (Å²) in [6, 6.07) is 13.8. The molecule has 2 aliphatic rings. The topological polar surface area (TPSA) is 29.1 Å². The first-order chi connectivity index (χ1) is 14.6. The Morgan fingerprint density at radius 2 is 1.58 bits per heavy atom. The van der Waals surface area contributed by atoms with E-state index in [-0.39, 0.29) is 22.2 Å². The lowest BCUT2D eigenvalue weighted by molar-refractivity contribution is -0.116. The van der Waals surface area contributed by atoms with Crippen molar-refractivity contribution < 1.29 is 4.79 Å². The molecule has 2 aliphatic carbocycles. The molecule has 2 heteroatoms. The van der Waals surface area contributed by atoms with Gasteiger partial charge in [-0.3, -0.25) is 4.79 Å². The Kier molecular flexibility index (Phi) is 5.40. The lowest BCUT2D eigenvalue weighted by Gasteiger charge is -2.43. The van der Waals surface area contributed by atoms with Crippen molar-refractivity contribution in [3.63, 3.8) is 0 Å². The molecule has 1 N–H and O–H groups in total. The maximum Gasteiger partial charge on any atom is 0.243 e. The van der Waals surface area contributed by atoms with E-state index in [1.54, 1.807) is 17.2 Å². The maximum atomic E-state index is 11.8. The molecule has 31 heavy (non-hydrogen) atoms. The van der Waals surface area contributed by atoms with Crippen LogP contribution in [0.25, 0.3) is 6.08 Å². The Balaban J connectivity index is 1.74. The zero-order valence-corrected chi connectivity index (χ0v) is 20.1. The van der Waals surface area contributed by atoms with Crippen molar-refractivity contribution in [1.82, 2.24) is 5.32 Å². The van der Waals surface area contributed by atoms with Gasteiger partial charge >= 0.3 is 0 Å². The van der Waals surface area contributed by atoms with Crippen LogP contribution < -0.4 is 5.32 Å². The Morgan fingerprint density at radius 1 is 0.935 bits per heavy atom. The number of carbonyl (C=O) groups is 1. The molecule has 0 aromatic heterocycles. The van der Waals surface area contributed by atoms with E-state index in [0.717, 1.165) is 5.56 Å². The summed E-state index contributed by atoms with van der Waals surface area (Å²) in [5, 5.41) is 2.82. The van der Waals surface area contributed by atoms with Gasteiger partial charge in [-0.25, -0.2) is 0 Å². The molecule has 1 amide bonds. The fourth-order valence-corrected chi connectivity index (χ4v) is 5.42. The van der Waals surface area contributed by atoms with E-state index in [1.165, 1.54) is 42.4 Å². The number of benzene rings is 2. The van der Waals surface area contributed by atoms with E-state index >= 15 is 0 Å². The van der Waals surface area contributed by atoms with Crippen LogP contribution in [0, 0.1) is 6.92 Å². The molecule has 0 spiro atoms. The van der Waals surface area contributed by atoms with Crippen molar-refractivity contribution in [2.24, 2.45) is 0 Å². The molecule has 2 nitrogen and oxygen atoms in total. The number of aryl methyl sites for hydroxylation is 1. The van der Waals surface area contributed by atoms with Gasteiger partial charge in [0.05, 0.1) is 0 Å². The molecule has 164 valence electrons. The fourth-order valence-electron chi connectivity index (χ4n) is 5.42. The minimum atomic E-state index is -0.0376. The van der Waals surface area contributed by atoms with Crippen LogP contribution >= 0.6 is 0 Å². The van der Waals surface area contributed by atoms with Gasteiger partial charge in [-0.05, 0) is 89.8 Å². The van der Waals surface area contributed by atoms with Crippen molar-refractivity contribution in [2.75, 3.05) is 6.54 Å². The highest BCUT2D eigenvalue weighted by atomic mass is 16.1. The van der Waals surface area contributed by atoms with Crippen LogP contribution in [0.2, 0.25) is 0 Å². The minimum absolute atomic E-state index is 0.0376. The third-order valence-electron chi connectivity index (χ3n) is 7.68. The van der Waals surface area contributed by atoms with Gasteiger partial charge in [-0.1, -0.05) is 64.1 Å². The van der Waals surface area contributed by atoms with E-state index in [4.69, 9.17) is 0 Å². The second-order valence-electron chi connectivity index (χ2n) is 10.9. The Bertz CT molecular complexity index is 1040. The number of nitrogens with one attached hydrogen (secondary N) is 1. The molecule has 0 bridgehead atoms. The molecular formula is C29H37NO. The number of amides is 1. The Labute approximate surface area is 188 Å². The van der Waals surface area contributed by atoms with Crippen molar-refractivity contribution in [1.29, 1.82) is 0 Å². The number of hydrogen-bond acceptors (Lipinski definition) is 1. The smallest absolute Gasteiger partial charge is 0.243 e. The number of rotatable bonds is 5. The first kappa shape index (κ1) is 21.9. The summed E-state index contributed by atoms with van der Waals surface area (Å²) in [5.41, 5.74) is 9.06. The SMILES string of the molecule is CCNC(=O)C=Cc1cccc(C2(c3cc4c(cc3C)C(C)(C)CCC4(C)C)CC2)c1. The van der Waals surface area contributed by atoms with Gasteiger partial charge < -0.3 is 5.32 Å². The predicted molar refractivity (Wildman–Crippen MR) is 131 cm³/mol. The first-order valence-electron chi connectivity index (χ1n) is 11.8. The molecule has 0 radical (unpaired) electrons. The zero-order valence-electron chi connectivity index (χ0n) is 20.1. The second-order valence-corrected chi connectivity index (χ2v) is 10.9. The summed E-state index contributed by atoms with van der Waals surface area (Å²) in [6.07, 6.45) is 8.44. The van der Waals surface area contributed by atoms with E-state index in [2.05, 4.69) is 76.3 Å². The van der Waals surface area contributed by atoms with E-state index in [1.807, 2.05) is 13.0 Å². The third-order valence-corrected chi connectivity index (χ3v) is 7.68. The van der Waals surface area contributed by atoms with Gasteiger partial charge in [0, 0.05) is 18.0 Å². The molecule has 0 aliphatic heterocycles. The zero-order chi connectivity index (χ0) is 22.4. The normalized spacial score (nSPS) is 20.3. The summed E-state index contributed by atoms with van der Waals surface area (Å²) in [7, 11) is 0. The number of likely N-dealkylation sites (N-methyl/N-ethyl adjacent to an activating group) is 1. The first-order valence-corrected chi connectivity index (χ1v) is 11.8. The highest BCUT2D eigenvalue weighted by Gasteiger charge is 2.48. The van der Waals surface area contributed by atoms with Gasteiger partial charge in [0.2, 0.25) is 5.91 Å². The molecule has 0 saturated heterocycles. The van der Waals surface area contributed by atoms with Crippen LogP contribution in [0.1, 0.15) is 93.7 Å². The molecular weight excluding hydrogens is 378 g/mol. The summed E-state index contributed by atoms with van der Waals surface area (Å²) >= 11 is 0. The molecule has 4 rings (SSSR count). The van der Waals surface area contributed by atoms with Crippen LogP contribution in [0.4, 0.5) is 0 Å². The van der Waals surface area contributed by atoms with Gasteiger partial charge in [-0.15, -0.1) is 0 Å². The van der Waals surface area contributed by atoms with Crippen molar-refractivity contribution in [3.8, 4) is 0 Å². The summed E-state index contributed by atoms with van der Waals surface area (Å²) in [4.78, 5) is 11.8. The minimum Gasteiger partial charge on any atom is -0.353 e. The van der Waals surface area contributed by atoms with Crippen LogP contribution in [0.3, 0.4) is 0 Å². The highest BCUT2D eigenvalue weighted by molar-refractivity contribution is 5.91. The lowest BCUT2D eigenvalue weighted by Crippen LogP contribution is -2.34. The van der Waals surface area contributed by atoms with Gasteiger partial charge in [0.15, 0.2) is 0 Å². The summed E-state index contributed by atoms with van der Waals surface area (Å²) in [6.45, 7) is 14.5. The largest absolute Gasteiger partial charge is 0.353 e. The fraction of sp³-hybridized carbons (Fsp3) is 0.483. The van der Waals surface area contributed by atoms with Gasteiger partial charge in [-0.2, -0.15) is 0 Å². The number of fused-ring (bicyclic) bond motifs is 1. The molecule has 2 aromatic carbocycles.